The molecule has 1 saturated heterocycles. The Bertz CT molecular complexity index is 510. The molecular formula is C15H16F3NO. The van der Waals surface area contributed by atoms with Crippen molar-refractivity contribution in [2.24, 2.45) is 5.92 Å². The summed E-state index contributed by atoms with van der Waals surface area (Å²) in [5.41, 5.74) is 0.0461. The van der Waals surface area contributed by atoms with Gasteiger partial charge in [0.1, 0.15) is 0 Å². The maximum atomic E-state index is 12.6. The normalized spacial score (nSPS) is 19.1. The standard InChI is InChI=1S/C15H16F3NO/c1-2-14(20)19-7-6-12(10-19)8-11-4-3-5-13(9-11)15(16,17)18/h2-5,9,12H,1,6-8,10H2/t12-/m0/s1. The first kappa shape index (κ1) is 14.6. The number of halogens is 3. The van der Waals surface area contributed by atoms with Crippen LogP contribution in [0.1, 0.15) is 17.5 Å². The van der Waals surface area contributed by atoms with E-state index in [0.717, 1.165) is 12.5 Å². The van der Waals surface area contributed by atoms with Gasteiger partial charge in [-0.25, -0.2) is 0 Å². The molecule has 0 N–H and O–H groups in total. The second kappa shape index (κ2) is 5.69. The van der Waals surface area contributed by atoms with Crippen molar-refractivity contribution in [3.8, 4) is 0 Å². The summed E-state index contributed by atoms with van der Waals surface area (Å²) in [6.07, 6.45) is -1.66. The third kappa shape index (κ3) is 3.40. The van der Waals surface area contributed by atoms with E-state index in [1.165, 1.54) is 18.2 Å². The van der Waals surface area contributed by atoms with Gasteiger partial charge in [-0.2, -0.15) is 13.2 Å². The van der Waals surface area contributed by atoms with Crippen LogP contribution >= 0.6 is 0 Å². The molecule has 108 valence electrons. The molecule has 20 heavy (non-hydrogen) atoms. The highest BCUT2D eigenvalue weighted by molar-refractivity contribution is 5.87. The number of likely N-dealkylation sites (tertiary alicyclic amines) is 1. The Balaban J connectivity index is 2.01. The van der Waals surface area contributed by atoms with Crippen molar-refractivity contribution in [2.75, 3.05) is 13.1 Å². The second-order valence-corrected chi connectivity index (χ2v) is 5.05. The highest BCUT2D eigenvalue weighted by Gasteiger charge is 2.31. The van der Waals surface area contributed by atoms with Gasteiger partial charge in [0.25, 0.3) is 0 Å². The Kier molecular flexibility index (Phi) is 4.16. The smallest absolute Gasteiger partial charge is 0.339 e. The molecular weight excluding hydrogens is 267 g/mol. The van der Waals surface area contributed by atoms with Gasteiger partial charge in [0.15, 0.2) is 0 Å². The predicted molar refractivity (Wildman–Crippen MR) is 70.0 cm³/mol. The summed E-state index contributed by atoms with van der Waals surface area (Å²) in [6.45, 7) is 4.67. The Morgan fingerprint density at radius 2 is 2.20 bits per heavy atom. The zero-order valence-corrected chi connectivity index (χ0v) is 11.0. The third-order valence-electron chi connectivity index (χ3n) is 3.55. The molecule has 1 heterocycles. The Hall–Kier alpha value is -1.78. The lowest BCUT2D eigenvalue weighted by Gasteiger charge is -2.15. The molecule has 0 saturated carbocycles. The van der Waals surface area contributed by atoms with Gasteiger partial charge < -0.3 is 4.90 Å². The monoisotopic (exact) mass is 283 g/mol. The maximum absolute atomic E-state index is 12.6. The van der Waals surface area contributed by atoms with E-state index in [4.69, 9.17) is 0 Å². The molecule has 0 bridgehead atoms. The minimum Gasteiger partial charge on any atom is -0.339 e. The van der Waals surface area contributed by atoms with Crippen LogP contribution in [0.2, 0.25) is 0 Å². The van der Waals surface area contributed by atoms with Crippen LogP contribution in [0.15, 0.2) is 36.9 Å². The molecule has 0 unspecified atom stereocenters. The summed E-state index contributed by atoms with van der Waals surface area (Å²) in [5.74, 6) is 0.0962. The molecule has 5 heteroatoms. The Morgan fingerprint density at radius 1 is 1.45 bits per heavy atom. The molecule has 1 aliphatic rings. The summed E-state index contributed by atoms with van der Waals surface area (Å²) in [5, 5.41) is 0. The van der Waals surface area contributed by atoms with Gasteiger partial charge in [0.2, 0.25) is 5.91 Å². The van der Waals surface area contributed by atoms with Crippen LogP contribution in [0.4, 0.5) is 13.2 Å². The summed E-state index contributed by atoms with van der Waals surface area (Å²) in [7, 11) is 0. The van der Waals surface area contributed by atoms with Gasteiger partial charge in [-0.3, -0.25) is 4.79 Å². The Morgan fingerprint density at radius 3 is 2.85 bits per heavy atom. The number of nitrogens with zero attached hydrogens (tertiary/aromatic N) is 1. The minimum absolute atomic E-state index is 0.114. The molecule has 1 atom stereocenters. The van der Waals surface area contributed by atoms with Crippen molar-refractivity contribution < 1.29 is 18.0 Å². The summed E-state index contributed by atoms with van der Waals surface area (Å²) < 4.78 is 37.9. The lowest BCUT2D eigenvalue weighted by molar-refractivity contribution is -0.137. The first-order chi connectivity index (χ1) is 9.40. The predicted octanol–water partition coefficient (Wildman–Crippen LogP) is 3.28. The molecule has 1 aromatic rings. The van der Waals surface area contributed by atoms with Gasteiger partial charge in [-0.1, -0.05) is 24.8 Å². The summed E-state index contributed by atoms with van der Waals surface area (Å²) >= 11 is 0. The number of alkyl halides is 3. The zero-order chi connectivity index (χ0) is 14.8. The van der Waals surface area contributed by atoms with Crippen molar-refractivity contribution in [2.45, 2.75) is 19.0 Å². The van der Waals surface area contributed by atoms with Crippen LogP contribution in [0.5, 0.6) is 0 Å². The molecule has 0 spiro atoms. The van der Waals surface area contributed by atoms with Crippen molar-refractivity contribution in [3.63, 3.8) is 0 Å². The number of carbonyl (C=O) groups is 1. The molecule has 1 amide bonds. The van der Waals surface area contributed by atoms with E-state index in [1.54, 1.807) is 11.0 Å². The third-order valence-corrected chi connectivity index (χ3v) is 3.55. The van der Waals surface area contributed by atoms with Crippen molar-refractivity contribution in [3.05, 3.63) is 48.0 Å². The van der Waals surface area contributed by atoms with E-state index in [0.29, 0.717) is 25.1 Å². The van der Waals surface area contributed by atoms with Crippen LogP contribution in [0.25, 0.3) is 0 Å². The van der Waals surface area contributed by atoms with Gasteiger partial charge in [0, 0.05) is 13.1 Å². The maximum Gasteiger partial charge on any atom is 0.416 e. The van der Waals surface area contributed by atoms with Crippen molar-refractivity contribution in [1.29, 1.82) is 0 Å². The molecule has 1 aliphatic heterocycles. The molecule has 0 aromatic heterocycles. The van der Waals surface area contributed by atoms with Gasteiger partial charge >= 0.3 is 6.18 Å². The number of carbonyl (C=O) groups excluding carboxylic acids is 1. The molecule has 0 radical (unpaired) electrons. The molecule has 2 rings (SSSR count). The fraction of sp³-hybridized carbons (Fsp3) is 0.400. The number of hydrogen-bond acceptors (Lipinski definition) is 1. The molecule has 2 nitrogen and oxygen atoms in total. The first-order valence-corrected chi connectivity index (χ1v) is 6.47. The van der Waals surface area contributed by atoms with Crippen molar-refractivity contribution >= 4 is 5.91 Å². The average molecular weight is 283 g/mol. The number of rotatable bonds is 3. The summed E-state index contributed by atoms with van der Waals surface area (Å²) in [4.78, 5) is 13.1. The van der Waals surface area contributed by atoms with Gasteiger partial charge in [-0.05, 0) is 36.5 Å². The van der Waals surface area contributed by atoms with Crippen LogP contribution in [0.3, 0.4) is 0 Å². The van der Waals surface area contributed by atoms with E-state index in [2.05, 4.69) is 6.58 Å². The lowest BCUT2D eigenvalue weighted by atomic mass is 9.97. The van der Waals surface area contributed by atoms with Crippen molar-refractivity contribution in [1.82, 2.24) is 4.90 Å². The van der Waals surface area contributed by atoms with E-state index >= 15 is 0 Å². The van der Waals surface area contributed by atoms with E-state index in [1.807, 2.05) is 0 Å². The van der Waals surface area contributed by atoms with Crippen LogP contribution in [0, 0.1) is 5.92 Å². The van der Waals surface area contributed by atoms with E-state index in [-0.39, 0.29) is 11.8 Å². The number of benzene rings is 1. The summed E-state index contributed by atoms with van der Waals surface area (Å²) in [6, 6.07) is 5.40. The first-order valence-electron chi connectivity index (χ1n) is 6.47. The SMILES string of the molecule is C=CC(=O)N1CC[C@@H](Cc2cccc(C(F)(F)F)c2)C1. The molecule has 0 aliphatic carbocycles. The highest BCUT2D eigenvalue weighted by Crippen LogP contribution is 2.30. The fourth-order valence-corrected chi connectivity index (χ4v) is 2.54. The Labute approximate surface area is 115 Å². The minimum atomic E-state index is -4.31. The average Bonchev–Trinajstić information content (AvgIpc) is 2.85. The van der Waals surface area contributed by atoms with Crippen LogP contribution in [-0.2, 0) is 17.4 Å². The highest BCUT2D eigenvalue weighted by atomic mass is 19.4. The fourth-order valence-electron chi connectivity index (χ4n) is 2.54. The molecule has 1 aromatic carbocycles. The largest absolute Gasteiger partial charge is 0.416 e. The zero-order valence-electron chi connectivity index (χ0n) is 11.0. The van der Waals surface area contributed by atoms with E-state index < -0.39 is 11.7 Å². The van der Waals surface area contributed by atoms with E-state index in [9.17, 15) is 18.0 Å². The lowest BCUT2D eigenvalue weighted by Crippen LogP contribution is -2.26. The number of hydrogen-bond donors (Lipinski definition) is 0. The van der Waals surface area contributed by atoms with Crippen LogP contribution in [-0.4, -0.2) is 23.9 Å². The quantitative estimate of drug-likeness (QED) is 0.780. The topological polar surface area (TPSA) is 20.3 Å². The molecule has 1 fully saturated rings. The van der Waals surface area contributed by atoms with Crippen LogP contribution < -0.4 is 0 Å². The van der Waals surface area contributed by atoms with Gasteiger partial charge in [0.05, 0.1) is 5.56 Å². The number of amides is 1. The van der Waals surface area contributed by atoms with Gasteiger partial charge in [-0.15, -0.1) is 0 Å². The second-order valence-electron chi connectivity index (χ2n) is 5.05.